The Balaban J connectivity index is 0. The van der Waals surface area contributed by atoms with Crippen molar-refractivity contribution in [2.45, 2.75) is 108 Å². The van der Waals surface area contributed by atoms with Crippen LogP contribution < -0.4 is 5.32 Å². The van der Waals surface area contributed by atoms with Crippen LogP contribution in [0.5, 0.6) is 0 Å². The first-order valence-corrected chi connectivity index (χ1v) is 16.1. The number of nitrogens with one attached hydrogen (secondary N) is 1. The van der Waals surface area contributed by atoms with Crippen molar-refractivity contribution in [3.63, 3.8) is 0 Å². The highest BCUT2D eigenvalue weighted by atomic mass is 16.1. The Kier molecular flexibility index (Phi) is 26.3. The fourth-order valence-corrected chi connectivity index (χ4v) is 4.19. The second-order valence-corrected chi connectivity index (χ2v) is 10.1. The second kappa shape index (κ2) is 26.8. The van der Waals surface area contributed by atoms with Crippen molar-refractivity contribution in [1.82, 2.24) is 5.32 Å². The van der Waals surface area contributed by atoms with Crippen molar-refractivity contribution in [3.05, 3.63) is 106 Å². The molecule has 3 rings (SSSR count). The molecule has 1 aliphatic rings. The molecular formula is C39H62N2O. The van der Waals surface area contributed by atoms with E-state index < -0.39 is 0 Å². The van der Waals surface area contributed by atoms with Crippen LogP contribution in [0.4, 0.5) is 0 Å². The van der Waals surface area contributed by atoms with Crippen LogP contribution in [0.1, 0.15) is 110 Å². The summed E-state index contributed by atoms with van der Waals surface area (Å²) in [7, 11) is 1.98. The number of nitrogens with zero attached hydrogens (tertiary/aromatic N) is 1. The highest BCUT2D eigenvalue weighted by Crippen LogP contribution is 2.24. The van der Waals surface area contributed by atoms with Gasteiger partial charge in [-0.1, -0.05) is 121 Å². The number of aldehydes is 1. The molecule has 42 heavy (non-hydrogen) atoms. The third-order valence-electron chi connectivity index (χ3n) is 6.67. The number of hydrogen-bond donors (Lipinski definition) is 1. The van der Waals surface area contributed by atoms with E-state index in [9.17, 15) is 4.79 Å². The maximum Gasteiger partial charge on any atom is 0.123 e. The van der Waals surface area contributed by atoms with Gasteiger partial charge in [-0.2, -0.15) is 0 Å². The van der Waals surface area contributed by atoms with Gasteiger partial charge >= 0.3 is 0 Å². The first-order chi connectivity index (χ1) is 20.3. The lowest BCUT2D eigenvalue weighted by atomic mass is 10.0. The molecule has 0 unspecified atom stereocenters. The summed E-state index contributed by atoms with van der Waals surface area (Å²) in [6.45, 7) is 25.8. The van der Waals surface area contributed by atoms with E-state index >= 15 is 0 Å². The number of unbranched alkanes of at least 4 members (excludes halogenated alkanes) is 1. The molecule has 0 radical (unpaired) electrons. The predicted octanol–water partition coefficient (Wildman–Crippen LogP) is 10.7. The van der Waals surface area contributed by atoms with E-state index in [1.54, 1.807) is 0 Å². The fraction of sp³-hybridized carbons (Fsp3) is 0.487. The zero-order valence-corrected chi connectivity index (χ0v) is 28.9. The van der Waals surface area contributed by atoms with Crippen molar-refractivity contribution in [2.75, 3.05) is 13.6 Å². The number of benzene rings is 2. The van der Waals surface area contributed by atoms with Gasteiger partial charge in [0.15, 0.2) is 0 Å². The molecular weight excluding hydrogens is 512 g/mol. The molecule has 1 N–H and O–H groups in total. The summed E-state index contributed by atoms with van der Waals surface area (Å²) in [4.78, 5) is 15.3. The van der Waals surface area contributed by atoms with E-state index in [0.717, 1.165) is 55.5 Å². The lowest BCUT2D eigenvalue weighted by Gasteiger charge is -2.09. The highest BCUT2D eigenvalue weighted by molar-refractivity contribution is 6.10. The molecule has 0 amide bonds. The van der Waals surface area contributed by atoms with Gasteiger partial charge in [0.25, 0.3) is 0 Å². The van der Waals surface area contributed by atoms with Crippen LogP contribution in [0, 0.1) is 12.8 Å². The number of carbonyl (C=O) groups is 1. The molecule has 0 saturated carbocycles. The van der Waals surface area contributed by atoms with Gasteiger partial charge < -0.3 is 10.1 Å². The number of allylic oxidation sites excluding steroid dienone is 5. The molecule has 0 fully saturated rings. The quantitative estimate of drug-likeness (QED) is 0.133. The smallest absolute Gasteiger partial charge is 0.123 e. The Morgan fingerprint density at radius 2 is 1.48 bits per heavy atom. The summed E-state index contributed by atoms with van der Waals surface area (Å²) in [6, 6.07) is 16.7. The van der Waals surface area contributed by atoms with Gasteiger partial charge in [0.2, 0.25) is 0 Å². The molecule has 0 aromatic heterocycles. The van der Waals surface area contributed by atoms with Crippen LogP contribution >= 0.6 is 0 Å². The number of aryl methyl sites for hydroxylation is 1. The van der Waals surface area contributed by atoms with E-state index in [2.05, 4.69) is 82.1 Å². The first kappa shape index (κ1) is 41.1. The molecule has 0 aliphatic heterocycles. The average molecular weight is 575 g/mol. The maximum absolute atomic E-state index is 10.5. The Labute approximate surface area is 260 Å². The summed E-state index contributed by atoms with van der Waals surface area (Å²) in [5.41, 5.74) is 9.69. The molecule has 0 spiro atoms. The zero-order chi connectivity index (χ0) is 32.3. The Morgan fingerprint density at radius 1 is 0.929 bits per heavy atom. The molecule has 0 saturated heterocycles. The maximum atomic E-state index is 10.5. The molecule has 234 valence electrons. The minimum atomic E-state index is 0.243. The lowest BCUT2D eigenvalue weighted by Crippen LogP contribution is -2.06. The van der Waals surface area contributed by atoms with Gasteiger partial charge in [-0.25, -0.2) is 0 Å². The summed E-state index contributed by atoms with van der Waals surface area (Å²) in [5.74, 6) is 0.243. The summed E-state index contributed by atoms with van der Waals surface area (Å²) in [6.07, 6.45) is 11.9. The Bertz CT molecular complexity index is 1060. The number of rotatable bonds is 10. The normalized spacial score (nSPS) is 12.8. The van der Waals surface area contributed by atoms with Crippen molar-refractivity contribution >= 4 is 12.0 Å². The number of hydrogen-bond acceptors (Lipinski definition) is 3. The topological polar surface area (TPSA) is 41.5 Å². The van der Waals surface area contributed by atoms with Crippen molar-refractivity contribution in [3.8, 4) is 0 Å². The minimum Gasteiger partial charge on any atom is -0.320 e. The molecule has 0 atom stereocenters. The Morgan fingerprint density at radius 3 is 1.90 bits per heavy atom. The standard InChI is InChI=1S/C20H27N.C10H10O.C5H13N.2C2H6/c1-7-11-15(3)14-20(21-18(6)16(4)8-2)19-13-10-9-12-17(19)5;11-7-8-5-9-3-1-2-4-10(9)6-8;1-3-4-5-6-2;2*1-2/h8-10,12-14H,2,7,11H2,1,3-6H3;1-4,7-8H,5-6H2;6H,3-5H2,1-2H3;2*1-2H3/b15-14-,18-16+,21-20+;;;;. The third-order valence-corrected chi connectivity index (χ3v) is 6.67. The van der Waals surface area contributed by atoms with E-state index in [-0.39, 0.29) is 5.92 Å². The van der Waals surface area contributed by atoms with Crippen LogP contribution in [0.25, 0.3) is 0 Å². The van der Waals surface area contributed by atoms with Gasteiger partial charge in [-0.15, -0.1) is 0 Å². The number of fused-ring (bicyclic) bond motifs is 1. The molecule has 1 aliphatic carbocycles. The fourth-order valence-electron chi connectivity index (χ4n) is 4.19. The monoisotopic (exact) mass is 574 g/mol. The highest BCUT2D eigenvalue weighted by Gasteiger charge is 2.19. The summed E-state index contributed by atoms with van der Waals surface area (Å²) >= 11 is 0. The van der Waals surface area contributed by atoms with E-state index in [4.69, 9.17) is 4.99 Å². The third kappa shape index (κ3) is 17.0. The van der Waals surface area contributed by atoms with Gasteiger partial charge in [0, 0.05) is 17.2 Å². The van der Waals surface area contributed by atoms with Crippen LogP contribution in [0.2, 0.25) is 0 Å². The van der Waals surface area contributed by atoms with Crippen LogP contribution in [0.15, 0.2) is 89.1 Å². The summed E-state index contributed by atoms with van der Waals surface area (Å²) < 4.78 is 0. The first-order valence-electron chi connectivity index (χ1n) is 16.1. The molecule has 0 bridgehead atoms. The molecule has 2 aromatic carbocycles. The van der Waals surface area contributed by atoms with Crippen LogP contribution in [0.3, 0.4) is 0 Å². The molecule has 0 heterocycles. The largest absolute Gasteiger partial charge is 0.320 e. The number of aliphatic imine (C=N–C) groups is 1. The number of carbonyl (C=O) groups excluding carboxylic acids is 1. The molecule has 2 aromatic rings. The SMILES string of the molecule is C=C/C(C)=C(C)/N=C(\C=C(\C)CCC)c1ccccc1C.CC.CC.CCCCNC.O=CC1Cc2ccccc2C1. The van der Waals surface area contributed by atoms with E-state index in [1.807, 2.05) is 66.8 Å². The van der Waals surface area contributed by atoms with Crippen molar-refractivity contribution in [1.29, 1.82) is 0 Å². The van der Waals surface area contributed by atoms with Crippen molar-refractivity contribution in [2.24, 2.45) is 10.9 Å². The van der Waals surface area contributed by atoms with E-state index in [1.165, 1.54) is 40.7 Å². The minimum absolute atomic E-state index is 0.243. The second-order valence-electron chi connectivity index (χ2n) is 10.1. The van der Waals surface area contributed by atoms with Gasteiger partial charge in [0.05, 0.1) is 5.71 Å². The predicted molar refractivity (Wildman–Crippen MR) is 190 cm³/mol. The van der Waals surface area contributed by atoms with Crippen molar-refractivity contribution < 1.29 is 4.79 Å². The molecule has 3 heteroatoms. The van der Waals surface area contributed by atoms with Crippen LogP contribution in [-0.2, 0) is 17.6 Å². The molecule has 3 nitrogen and oxygen atoms in total. The van der Waals surface area contributed by atoms with Gasteiger partial charge in [-0.05, 0) is 95.3 Å². The van der Waals surface area contributed by atoms with Crippen LogP contribution in [-0.4, -0.2) is 25.6 Å². The Hall–Kier alpha value is -3.04. The van der Waals surface area contributed by atoms with Gasteiger partial charge in [-0.3, -0.25) is 4.99 Å². The van der Waals surface area contributed by atoms with E-state index in [0.29, 0.717) is 0 Å². The zero-order valence-electron chi connectivity index (χ0n) is 28.9. The summed E-state index contributed by atoms with van der Waals surface area (Å²) in [5, 5.41) is 3.07. The lowest BCUT2D eigenvalue weighted by molar-refractivity contribution is -0.110. The van der Waals surface area contributed by atoms with Gasteiger partial charge in [0.1, 0.15) is 6.29 Å². The average Bonchev–Trinajstić information content (AvgIpc) is 3.46.